The molecule has 0 aliphatic heterocycles. The van der Waals surface area contributed by atoms with Crippen molar-refractivity contribution in [1.82, 2.24) is 9.88 Å². The van der Waals surface area contributed by atoms with E-state index in [9.17, 15) is 4.79 Å². The molecule has 4 heteroatoms. The van der Waals surface area contributed by atoms with Crippen molar-refractivity contribution in [1.29, 1.82) is 0 Å². The summed E-state index contributed by atoms with van der Waals surface area (Å²) >= 11 is 3.38. The highest BCUT2D eigenvalue weighted by Gasteiger charge is 2.15. The summed E-state index contributed by atoms with van der Waals surface area (Å²) < 4.78 is 0. The van der Waals surface area contributed by atoms with E-state index in [-0.39, 0.29) is 5.91 Å². The van der Waals surface area contributed by atoms with Crippen LogP contribution in [0.3, 0.4) is 0 Å². The van der Waals surface area contributed by atoms with E-state index in [1.165, 1.54) is 0 Å². The molecule has 1 rings (SSSR count). The highest BCUT2D eigenvalue weighted by atomic mass is 79.9. The molecule has 94 valence electrons. The van der Waals surface area contributed by atoms with Crippen molar-refractivity contribution in [3.63, 3.8) is 0 Å². The monoisotopic (exact) mass is 298 g/mol. The number of rotatable bonds is 6. The van der Waals surface area contributed by atoms with Crippen LogP contribution in [-0.4, -0.2) is 34.2 Å². The number of carbonyl (C=O) groups is 1. The van der Waals surface area contributed by atoms with Gasteiger partial charge in [-0.25, -0.2) is 4.98 Å². The molecule has 0 N–H and O–H groups in total. The molecule has 0 aromatic carbocycles. The van der Waals surface area contributed by atoms with Crippen LogP contribution in [0, 0.1) is 6.92 Å². The molecular formula is C13H19BrN2O. The lowest BCUT2D eigenvalue weighted by Crippen LogP contribution is -2.34. The first-order valence-corrected chi connectivity index (χ1v) is 7.10. The number of hydrogen-bond acceptors (Lipinski definition) is 2. The molecule has 1 amide bonds. The Balaban J connectivity index is 2.76. The van der Waals surface area contributed by atoms with Crippen LogP contribution in [-0.2, 0) is 0 Å². The first-order valence-electron chi connectivity index (χ1n) is 5.98. The van der Waals surface area contributed by atoms with Crippen molar-refractivity contribution >= 4 is 21.8 Å². The molecule has 3 nitrogen and oxygen atoms in total. The molecule has 1 heterocycles. The fourth-order valence-corrected chi connectivity index (χ4v) is 2.02. The topological polar surface area (TPSA) is 33.2 Å². The molecule has 0 spiro atoms. The highest BCUT2D eigenvalue weighted by Crippen LogP contribution is 2.06. The predicted octanol–water partition coefficient (Wildman–Crippen LogP) is 3.03. The van der Waals surface area contributed by atoms with Gasteiger partial charge in [0.05, 0.1) is 0 Å². The van der Waals surface area contributed by atoms with Crippen molar-refractivity contribution in [2.24, 2.45) is 0 Å². The van der Waals surface area contributed by atoms with E-state index < -0.39 is 0 Å². The van der Waals surface area contributed by atoms with Crippen LogP contribution >= 0.6 is 15.9 Å². The van der Waals surface area contributed by atoms with Crippen LogP contribution in [0.1, 0.15) is 35.9 Å². The minimum absolute atomic E-state index is 0.0293. The summed E-state index contributed by atoms with van der Waals surface area (Å²) in [5, 5.41) is 0.800. The van der Waals surface area contributed by atoms with Crippen LogP contribution in [0.15, 0.2) is 18.2 Å². The van der Waals surface area contributed by atoms with Crippen molar-refractivity contribution < 1.29 is 4.79 Å². The third-order valence-corrected chi connectivity index (χ3v) is 2.89. The minimum atomic E-state index is 0.0293. The first kappa shape index (κ1) is 14.2. The number of alkyl halides is 1. The highest BCUT2D eigenvalue weighted by molar-refractivity contribution is 9.09. The van der Waals surface area contributed by atoms with E-state index in [0.29, 0.717) is 5.69 Å². The number of pyridine rings is 1. The standard InChI is InChI=1S/C13H19BrN2O/c1-3-4-9-16(10-8-14)13(17)12-7-5-6-11(2)15-12/h5-7H,3-4,8-10H2,1-2H3. The molecule has 0 fully saturated rings. The van der Waals surface area contributed by atoms with Crippen LogP contribution in [0.5, 0.6) is 0 Å². The summed E-state index contributed by atoms with van der Waals surface area (Å²) in [6.07, 6.45) is 2.12. The fraction of sp³-hybridized carbons (Fsp3) is 0.538. The number of unbranched alkanes of at least 4 members (excludes halogenated alkanes) is 1. The van der Waals surface area contributed by atoms with Gasteiger partial charge in [0, 0.05) is 24.1 Å². The van der Waals surface area contributed by atoms with E-state index in [4.69, 9.17) is 0 Å². The SMILES string of the molecule is CCCCN(CCBr)C(=O)c1cccc(C)n1. The first-order chi connectivity index (χ1) is 8.19. The molecule has 0 saturated carbocycles. The van der Waals surface area contributed by atoms with Crippen LogP contribution in [0.4, 0.5) is 0 Å². The van der Waals surface area contributed by atoms with E-state index in [0.717, 1.165) is 37.0 Å². The Morgan fingerprint density at radius 3 is 2.76 bits per heavy atom. The van der Waals surface area contributed by atoms with Gasteiger partial charge in [-0.15, -0.1) is 0 Å². The minimum Gasteiger partial charge on any atom is -0.336 e. The lowest BCUT2D eigenvalue weighted by molar-refractivity contribution is 0.0758. The lowest BCUT2D eigenvalue weighted by Gasteiger charge is -2.21. The van der Waals surface area contributed by atoms with Gasteiger partial charge in [-0.05, 0) is 25.5 Å². The molecule has 0 aliphatic carbocycles. The molecule has 1 aromatic heterocycles. The van der Waals surface area contributed by atoms with Gasteiger partial charge in [-0.2, -0.15) is 0 Å². The largest absolute Gasteiger partial charge is 0.336 e. The molecule has 1 aromatic rings. The van der Waals surface area contributed by atoms with Gasteiger partial charge >= 0.3 is 0 Å². The number of hydrogen-bond donors (Lipinski definition) is 0. The number of amides is 1. The third kappa shape index (κ3) is 4.46. The summed E-state index contributed by atoms with van der Waals surface area (Å²) in [6.45, 7) is 5.56. The summed E-state index contributed by atoms with van der Waals surface area (Å²) in [7, 11) is 0. The zero-order valence-corrected chi connectivity index (χ0v) is 12.0. The van der Waals surface area contributed by atoms with Gasteiger partial charge in [0.15, 0.2) is 0 Å². The molecule has 0 aliphatic rings. The molecule has 0 bridgehead atoms. The quantitative estimate of drug-likeness (QED) is 0.757. The summed E-state index contributed by atoms with van der Waals surface area (Å²) in [4.78, 5) is 18.4. The average molecular weight is 299 g/mol. The predicted molar refractivity (Wildman–Crippen MR) is 73.6 cm³/mol. The second-order valence-corrected chi connectivity index (χ2v) is 4.79. The Morgan fingerprint density at radius 1 is 1.41 bits per heavy atom. The zero-order chi connectivity index (χ0) is 12.7. The van der Waals surface area contributed by atoms with E-state index in [1.54, 1.807) is 6.07 Å². The maximum Gasteiger partial charge on any atom is 0.272 e. The summed E-state index contributed by atoms with van der Waals surface area (Å²) in [6, 6.07) is 5.56. The van der Waals surface area contributed by atoms with Gasteiger partial charge in [0.25, 0.3) is 5.91 Å². The Hall–Kier alpha value is -0.900. The number of nitrogens with zero attached hydrogens (tertiary/aromatic N) is 2. The number of aryl methyl sites for hydroxylation is 1. The van der Waals surface area contributed by atoms with Crippen molar-refractivity contribution in [2.75, 3.05) is 18.4 Å². The molecule has 0 unspecified atom stereocenters. The second-order valence-electron chi connectivity index (χ2n) is 4.00. The maximum absolute atomic E-state index is 12.2. The number of carbonyl (C=O) groups excluding carboxylic acids is 1. The fourth-order valence-electron chi connectivity index (χ4n) is 1.59. The summed E-state index contributed by atoms with van der Waals surface area (Å²) in [5.74, 6) is 0.0293. The van der Waals surface area contributed by atoms with Crippen molar-refractivity contribution in [2.45, 2.75) is 26.7 Å². The Kier molecular flexibility index (Phi) is 6.19. The molecule has 17 heavy (non-hydrogen) atoms. The van der Waals surface area contributed by atoms with Gasteiger partial charge in [0.1, 0.15) is 5.69 Å². The molecule has 0 radical (unpaired) electrons. The van der Waals surface area contributed by atoms with Gasteiger partial charge in [-0.3, -0.25) is 4.79 Å². The Labute approximate surface area is 111 Å². The number of aromatic nitrogens is 1. The van der Waals surface area contributed by atoms with E-state index in [2.05, 4.69) is 27.8 Å². The van der Waals surface area contributed by atoms with Gasteiger partial charge in [0.2, 0.25) is 0 Å². The summed E-state index contributed by atoms with van der Waals surface area (Å²) in [5.41, 5.74) is 1.42. The van der Waals surface area contributed by atoms with Crippen molar-refractivity contribution in [3.8, 4) is 0 Å². The number of halogens is 1. The molecular weight excluding hydrogens is 280 g/mol. The second kappa shape index (κ2) is 7.43. The Morgan fingerprint density at radius 2 is 2.18 bits per heavy atom. The van der Waals surface area contributed by atoms with E-state index >= 15 is 0 Å². The molecule has 0 atom stereocenters. The molecule has 0 saturated heterocycles. The van der Waals surface area contributed by atoms with Gasteiger partial charge in [-0.1, -0.05) is 35.3 Å². The average Bonchev–Trinajstić information content (AvgIpc) is 2.33. The van der Waals surface area contributed by atoms with Gasteiger partial charge < -0.3 is 4.90 Å². The van der Waals surface area contributed by atoms with Crippen molar-refractivity contribution in [3.05, 3.63) is 29.6 Å². The Bertz CT molecular complexity index is 368. The third-order valence-electron chi connectivity index (χ3n) is 2.53. The van der Waals surface area contributed by atoms with Crippen LogP contribution in [0.25, 0.3) is 0 Å². The normalized spacial score (nSPS) is 10.3. The smallest absolute Gasteiger partial charge is 0.272 e. The zero-order valence-electron chi connectivity index (χ0n) is 10.4. The van der Waals surface area contributed by atoms with E-state index in [1.807, 2.05) is 24.0 Å². The maximum atomic E-state index is 12.2. The van der Waals surface area contributed by atoms with Crippen LogP contribution < -0.4 is 0 Å². The lowest BCUT2D eigenvalue weighted by atomic mass is 10.2. The van der Waals surface area contributed by atoms with Crippen LogP contribution in [0.2, 0.25) is 0 Å².